The van der Waals surface area contributed by atoms with E-state index in [0.717, 1.165) is 19.9 Å². The molecular formula is C15H22BF3N2O4S. The summed E-state index contributed by atoms with van der Waals surface area (Å²) in [5.74, 6) is 0. The van der Waals surface area contributed by atoms with Gasteiger partial charge in [-0.15, -0.1) is 0 Å². The highest BCUT2D eigenvalue weighted by Crippen LogP contribution is 2.36. The minimum Gasteiger partial charge on any atom is -0.399 e. The highest BCUT2D eigenvalue weighted by molar-refractivity contribution is 7.89. The van der Waals surface area contributed by atoms with Crippen molar-refractivity contribution in [2.75, 3.05) is 0 Å². The van der Waals surface area contributed by atoms with Gasteiger partial charge < -0.3 is 9.31 Å². The Morgan fingerprint density at radius 2 is 1.58 bits per heavy atom. The third kappa shape index (κ3) is 3.90. The van der Waals surface area contributed by atoms with E-state index in [0.29, 0.717) is 5.46 Å². The lowest BCUT2D eigenvalue weighted by Crippen LogP contribution is -2.54. The summed E-state index contributed by atoms with van der Waals surface area (Å²) in [5.41, 5.74) is -3.32. The van der Waals surface area contributed by atoms with E-state index in [1.807, 2.05) is 27.7 Å². The van der Waals surface area contributed by atoms with Gasteiger partial charge in [-0.1, -0.05) is 6.07 Å². The molecule has 26 heavy (non-hydrogen) atoms. The van der Waals surface area contributed by atoms with Gasteiger partial charge in [0.1, 0.15) is 5.54 Å². The van der Waals surface area contributed by atoms with E-state index in [9.17, 15) is 21.6 Å². The number of sulfonamides is 1. The van der Waals surface area contributed by atoms with Crippen LogP contribution in [-0.2, 0) is 19.3 Å². The number of nitrogens with one attached hydrogen (secondary N) is 1. The van der Waals surface area contributed by atoms with Crippen molar-refractivity contribution < 1.29 is 30.9 Å². The average molecular weight is 394 g/mol. The van der Waals surface area contributed by atoms with E-state index < -0.39 is 45.1 Å². The van der Waals surface area contributed by atoms with Crippen LogP contribution in [0.2, 0.25) is 0 Å². The number of pyridine rings is 1. The standard InChI is InChI=1S/C15H22BF3N2O4S/c1-12(2,15(17,18)19)21-26(22,23)11-8-7-10(9-20-11)16-24-13(3,4)14(5,6)25-16/h7-9,21H,1-6H3. The second kappa shape index (κ2) is 6.18. The molecule has 1 fully saturated rings. The van der Waals surface area contributed by atoms with Crippen LogP contribution in [0.15, 0.2) is 23.4 Å². The maximum Gasteiger partial charge on any atom is 0.496 e. The zero-order valence-corrected chi connectivity index (χ0v) is 16.2. The van der Waals surface area contributed by atoms with E-state index in [4.69, 9.17) is 9.31 Å². The van der Waals surface area contributed by atoms with E-state index in [-0.39, 0.29) is 0 Å². The van der Waals surface area contributed by atoms with Crippen LogP contribution in [0.25, 0.3) is 0 Å². The molecule has 0 unspecified atom stereocenters. The molecule has 0 aliphatic carbocycles. The minimum atomic E-state index is -4.75. The van der Waals surface area contributed by atoms with Gasteiger partial charge in [-0.25, -0.2) is 13.4 Å². The first-order valence-corrected chi connectivity index (χ1v) is 9.39. The van der Waals surface area contributed by atoms with Crippen molar-refractivity contribution >= 4 is 22.6 Å². The zero-order valence-electron chi connectivity index (χ0n) is 15.4. The van der Waals surface area contributed by atoms with Crippen LogP contribution in [0.4, 0.5) is 13.2 Å². The maximum atomic E-state index is 12.9. The van der Waals surface area contributed by atoms with Gasteiger partial charge in [-0.3, -0.25) is 0 Å². The highest BCUT2D eigenvalue weighted by atomic mass is 32.2. The quantitative estimate of drug-likeness (QED) is 0.791. The molecule has 0 atom stereocenters. The Labute approximate surface area is 151 Å². The Bertz CT molecular complexity index is 761. The summed E-state index contributed by atoms with van der Waals surface area (Å²) in [6.07, 6.45) is -3.53. The topological polar surface area (TPSA) is 77.5 Å². The molecule has 2 rings (SSSR count). The van der Waals surface area contributed by atoms with Crippen molar-refractivity contribution in [3.8, 4) is 0 Å². The fourth-order valence-electron chi connectivity index (χ4n) is 2.12. The molecule has 0 amide bonds. The van der Waals surface area contributed by atoms with Crippen molar-refractivity contribution in [2.45, 2.75) is 69.5 Å². The van der Waals surface area contributed by atoms with Crippen LogP contribution in [0.3, 0.4) is 0 Å². The zero-order chi connectivity index (χ0) is 20.2. The largest absolute Gasteiger partial charge is 0.496 e. The second-order valence-corrected chi connectivity index (χ2v) is 9.38. The van der Waals surface area contributed by atoms with Crippen molar-refractivity contribution in [3.63, 3.8) is 0 Å². The molecule has 1 N–H and O–H groups in total. The van der Waals surface area contributed by atoms with Gasteiger partial charge in [-0.2, -0.15) is 17.9 Å². The molecule has 0 bridgehead atoms. The Kier molecular flexibility index (Phi) is 5.03. The molecule has 2 heterocycles. The lowest BCUT2D eigenvalue weighted by atomic mass is 9.80. The first-order chi connectivity index (χ1) is 11.5. The summed E-state index contributed by atoms with van der Waals surface area (Å²) >= 11 is 0. The fourth-order valence-corrected chi connectivity index (χ4v) is 3.45. The number of halogens is 3. The van der Waals surface area contributed by atoms with Crippen LogP contribution in [0, 0.1) is 0 Å². The molecule has 6 nitrogen and oxygen atoms in total. The lowest BCUT2D eigenvalue weighted by Gasteiger charge is -2.32. The predicted octanol–water partition coefficient (Wildman–Crippen LogP) is 2.00. The molecule has 1 saturated heterocycles. The number of hydrogen-bond donors (Lipinski definition) is 1. The van der Waals surface area contributed by atoms with Gasteiger partial charge in [-0.05, 0) is 47.6 Å². The molecule has 0 radical (unpaired) electrons. The van der Waals surface area contributed by atoms with Crippen LogP contribution < -0.4 is 10.2 Å². The molecule has 0 spiro atoms. The second-order valence-electron chi connectivity index (χ2n) is 7.75. The molecule has 1 aromatic rings. The van der Waals surface area contributed by atoms with E-state index in [1.54, 1.807) is 4.72 Å². The van der Waals surface area contributed by atoms with Gasteiger partial charge in [0.15, 0.2) is 5.03 Å². The molecular weight excluding hydrogens is 372 g/mol. The van der Waals surface area contributed by atoms with Gasteiger partial charge >= 0.3 is 13.3 Å². The molecule has 0 aromatic carbocycles. The van der Waals surface area contributed by atoms with Crippen LogP contribution in [-0.4, -0.2) is 43.4 Å². The van der Waals surface area contributed by atoms with Gasteiger partial charge in [0.25, 0.3) is 10.0 Å². The number of hydrogen-bond acceptors (Lipinski definition) is 5. The number of nitrogens with zero attached hydrogens (tertiary/aromatic N) is 1. The summed E-state index contributed by atoms with van der Waals surface area (Å²) < 4.78 is 76.4. The summed E-state index contributed by atoms with van der Waals surface area (Å²) in [6, 6.07) is 2.53. The van der Waals surface area contributed by atoms with Gasteiger partial charge in [0.05, 0.1) is 11.2 Å². The van der Waals surface area contributed by atoms with Crippen LogP contribution in [0.5, 0.6) is 0 Å². The Morgan fingerprint density at radius 1 is 1.08 bits per heavy atom. The minimum absolute atomic E-state index is 0.470. The Hall–Kier alpha value is -1.17. The fraction of sp³-hybridized carbons (Fsp3) is 0.667. The predicted molar refractivity (Wildman–Crippen MR) is 90.4 cm³/mol. The third-order valence-corrected chi connectivity index (χ3v) is 6.23. The summed E-state index contributed by atoms with van der Waals surface area (Å²) in [7, 11) is -5.20. The van der Waals surface area contributed by atoms with E-state index in [1.165, 1.54) is 12.3 Å². The van der Waals surface area contributed by atoms with Crippen molar-refractivity contribution in [2.24, 2.45) is 0 Å². The Balaban J connectivity index is 2.22. The number of aromatic nitrogens is 1. The average Bonchev–Trinajstić information content (AvgIpc) is 2.65. The Morgan fingerprint density at radius 3 is 1.96 bits per heavy atom. The monoisotopic (exact) mass is 394 g/mol. The lowest BCUT2D eigenvalue weighted by molar-refractivity contribution is -0.180. The van der Waals surface area contributed by atoms with Gasteiger partial charge in [0.2, 0.25) is 0 Å². The van der Waals surface area contributed by atoms with E-state index >= 15 is 0 Å². The molecule has 11 heteroatoms. The first kappa shape index (κ1) is 21.1. The maximum absolute atomic E-state index is 12.9. The van der Waals surface area contributed by atoms with Crippen molar-refractivity contribution in [1.29, 1.82) is 0 Å². The van der Waals surface area contributed by atoms with Gasteiger partial charge in [0, 0.05) is 11.7 Å². The smallest absolute Gasteiger partial charge is 0.399 e. The first-order valence-electron chi connectivity index (χ1n) is 7.91. The molecule has 1 aliphatic rings. The van der Waals surface area contributed by atoms with E-state index in [2.05, 4.69) is 4.98 Å². The summed E-state index contributed by atoms with van der Waals surface area (Å²) in [6.45, 7) is 8.93. The summed E-state index contributed by atoms with van der Waals surface area (Å²) in [5, 5.41) is -0.518. The van der Waals surface area contributed by atoms with Crippen LogP contribution >= 0.6 is 0 Å². The van der Waals surface area contributed by atoms with Crippen molar-refractivity contribution in [1.82, 2.24) is 9.71 Å². The molecule has 1 aliphatic heterocycles. The third-order valence-electron chi connectivity index (χ3n) is 4.66. The molecule has 0 saturated carbocycles. The molecule has 1 aromatic heterocycles. The highest BCUT2D eigenvalue weighted by Gasteiger charge is 2.52. The normalized spacial score (nSPS) is 20.4. The number of alkyl halides is 3. The van der Waals surface area contributed by atoms with Crippen LogP contribution in [0.1, 0.15) is 41.5 Å². The number of rotatable bonds is 4. The summed E-state index contributed by atoms with van der Waals surface area (Å²) in [4.78, 5) is 3.78. The SMILES string of the molecule is CC(C)(NS(=O)(=O)c1ccc(B2OC(C)(C)C(C)(C)O2)cn1)C(F)(F)F. The van der Waals surface area contributed by atoms with Crippen molar-refractivity contribution in [3.05, 3.63) is 18.3 Å². The molecule has 146 valence electrons.